The molecule has 0 fully saturated rings. The molecule has 96 valence electrons. The first-order valence-corrected chi connectivity index (χ1v) is 5.67. The van der Waals surface area contributed by atoms with Crippen molar-refractivity contribution in [1.29, 1.82) is 0 Å². The maximum absolute atomic E-state index is 11.6. The number of hydrogen-bond acceptors (Lipinski definition) is 4. The highest BCUT2D eigenvalue weighted by molar-refractivity contribution is 6.36. The quantitative estimate of drug-likeness (QED) is 0.830. The number of nitrogens with zero attached hydrogens (tertiary/aromatic N) is 4. The number of carbonyl (C=O) groups excluding carboxylic acids is 1. The summed E-state index contributed by atoms with van der Waals surface area (Å²) in [7, 11) is 0. The zero-order valence-electron chi connectivity index (χ0n) is 10.0. The van der Waals surface area contributed by atoms with Crippen LogP contribution in [0.3, 0.4) is 0 Å². The molecule has 1 N–H and O–H groups in total. The van der Waals surface area contributed by atoms with Crippen molar-refractivity contribution >= 4 is 17.6 Å². The lowest BCUT2D eigenvalue weighted by Gasteiger charge is -2.22. The monoisotopic (exact) mass is 250 g/mol. The average molecular weight is 250 g/mol. The summed E-state index contributed by atoms with van der Waals surface area (Å²) in [6, 6.07) is 0. The van der Waals surface area contributed by atoms with Gasteiger partial charge >= 0.3 is 5.97 Å². The molecule has 2 heterocycles. The Labute approximate surface area is 104 Å². The largest absolute Gasteiger partial charge is 0.477 e. The van der Waals surface area contributed by atoms with Crippen LogP contribution in [0, 0.1) is 6.92 Å². The van der Waals surface area contributed by atoms with E-state index in [1.165, 1.54) is 5.01 Å². The molecule has 1 aromatic heterocycles. The molecule has 1 amide bonds. The molecule has 1 aliphatic heterocycles. The molecule has 7 nitrogen and oxygen atoms in total. The van der Waals surface area contributed by atoms with Gasteiger partial charge in [0, 0.05) is 31.8 Å². The Morgan fingerprint density at radius 2 is 2.22 bits per heavy atom. The Hall–Kier alpha value is -2.18. The summed E-state index contributed by atoms with van der Waals surface area (Å²) < 4.78 is 1.89. The number of imidazole rings is 1. The second kappa shape index (κ2) is 4.99. The number of aliphatic carboxylic acids is 1. The normalized spacial score (nSPS) is 15.7. The highest BCUT2D eigenvalue weighted by atomic mass is 16.4. The van der Waals surface area contributed by atoms with Gasteiger partial charge < -0.3 is 9.67 Å². The van der Waals surface area contributed by atoms with E-state index in [4.69, 9.17) is 5.11 Å². The third-order valence-electron chi connectivity index (χ3n) is 2.83. The highest BCUT2D eigenvalue weighted by Crippen LogP contribution is 2.09. The molecule has 0 spiro atoms. The Balaban J connectivity index is 2.03. The number of carboxylic acid groups (broad SMARTS) is 1. The van der Waals surface area contributed by atoms with Crippen LogP contribution in [0.5, 0.6) is 0 Å². The number of aryl methyl sites for hydroxylation is 1. The van der Waals surface area contributed by atoms with Gasteiger partial charge in [0.2, 0.25) is 5.91 Å². The second-order valence-corrected chi connectivity index (χ2v) is 4.04. The molecule has 0 radical (unpaired) electrons. The van der Waals surface area contributed by atoms with Crippen LogP contribution >= 0.6 is 0 Å². The van der Waals surface area contributed by atoms with Crippen molar-refractivity contribution in [2.75, 3.05) is 6.54 Å². The number of carbonyl (C=O) groups is 2. The van der Waals surface area contributed by atoms with Crippen molar-refractivity contribution in [3.05, 3.63) is 18.2 Å². The highest BCUT2D eigenvalue weighted by Gasteiger charge is 2.23. The van der Waals surface area contributed by atoms with E-state index in [0.717, 1.165) is 5.82 Å². The van der Waals surface area contributed by atoms with Crippen LogP contribution in [0.25, 0.3) is 0 Å². The number of rotatable bonds is 4. The summed E-state index contributed by atoms with van der Waals surface area (Å²) in [4.78, 5) is 26.5. The molecule has 0 atom stereocenters. The van der Waals surface area contributed by atoms with Gasteiger partial charge in [-0.3, -0.25) is 4.79 Å². The molecule has 0 saturated carbocycles. The fraction of sp³-hybridized carbons (Fsp3) is 0.455. The maximum atomic E-state index is 11.6. The molecule has 0 bridgehead atoms. The Kier molecular flexibility index (Phi) is 3.40. The fourth-order valence-electron chi connectivity index (χ4n) is 1.77. The smallest absolute Gasteiger partial charge is 0.352 e. The zero-order valence-corrected chi connectivity index (χ0v) is 10.0. The van der Waals surface area contributed by atoms with Crippen LogP contribution in [0.1, 0.15) is 18.7 Å². The van der Waals surface area contributed by atoms with E-state index in [2.05, 4.69) is 10.1 Å². The maximum Gasteiger partial charge on any atom is 0.352 e. The molecular formula is C11H14N4O3. The minimum Gasteiger partial charge on any atom is -0.477 e. The molecule has 0 aliphatic carbocycles. The number of hydrogen-bond donors (Lipinski definition) is 1. The Morgan fingerprint density at radius 1 is 1.44 bits per heavy atom. The minimum absolute atomic E-state index is 0.0388. The van der Waals surface area contributed by atoms with Gasteiger partial charge in [-0.2, -0.15) is 5.10 Å². The predicted octanol–water partition coefficient (Wildman–Crippen LogP) is 0.255. The SMILES string of the molecule is Cc1nccn1CCN1N=C(C(=O)O)CCC1=O. The summed E-state index contributed by atoms with van der Waals surface area (Å²) in [6.07, 6.45) is 3.90. The number of aromatic nitrogens is 2. The molecule has 18 heavy (non-hydrogen) atoms. The van der Waals surface area contributed by atoms with Crippen LogP contribution in [-0.4, -0.2) is 43.8 Å². The second-order valence-electron chi connectivity index (χ2n) is 4.04. The van der Waals surface area contributed by atoms with E-state index in [-0.39, 0.29) is 24.5 Å². The molecule has 7 heteroatoms. The first-order valence-electron chi connectivity index (χ1n) is 5.67. The van der Waals surface area contributed by atoms with Crippen molar-refractivity contribution in [2.45, 2.75) is 26.3 Å². The van der Waals surface area contributed by atoms with Crippen LogP contribution in [-0.2, 0) is 16.1 Å². The Bertz CT molecular complexity index is 506. The van der Waals surface area contributed by atoms with Crippen molar-refractivity contribution in [1.82, 2.24) is 14.6 Å². The van der Waals surface area contributed by atoms with Gasteiger partial charge in [0.05, 0.1) is 6.54 Å². The van der Waals surface area contributed by atoms with E-state index in [1.54, 1.807) is 6.20 Å². The lowest BCUT2D eigenvalue weighted by Crippen LogP contribution is -2.36. The average Bonchev–Trinajstić information content (AvgIpc) is 2.73. The lowest BCUT2D eigenvalue weighted by atomic mass is 10.2. The molecule has 0 aromatic carbocycles. The third kappa shape index (κ3) is 2.55. The van der Waals surface area contributed by atoms with E-state index < -0.39 is 5.97 Å². The number of amides is 1. The molecule has 0 saturated heterocycles. The number of carboxylic acids is 1. The van der Waals surface area contributed by atoms with Crippen LogP contribution < -0.4 is 0 Å². The molecule has 2 rings (SSSR count). The summed E-state index contributed by atoms with van der Waals surface area (Å²) in [5.41, 5.74) is 0.0388. The molecule has 0 unspecified atom stereocenters. The first-order chi connectivity index (χ1) is 8.58. The molecule has 1 aromatic rings. The molecule has 1 aliphatic rings. The van der Waals surface area contributed by atoms with Gasteiger partial charge in [0.1, 0.15) is 11.5 Å². The summed E-state index contributed by atoms with van der Waals surface area (Å²) >= 11 is 0. The summed E-state index contributed by atoms with van der Waals surface area (Å²) in [5, 5.41) is 13.9. The van der Waals surface area contributed by atoms with E-state index >= 15 is 0 Å². The van der Waals surface area contributed by atoms with Crippen molar-refractivity contribution < 1.29 is 14.7 Å². The van der Waals surface area contributed by atoms with E-state index in [9.17, 15) is 9.59 Å². The van der Waals surface area contributed by atoms with Crippen molar-refractivity contribution in [3.63, 3.8) is 0 Å². The third-order valence-corrected chi connectivity index (χ3v) is 2.83. The fourth-order valence-corrected chi connectivity index (χ4v) is 1.77. The summed E-state index contributed by atoms with van der Waals surface area (Å²) in [6.45, 7) is 2.77. The van der Waals surface area contributed by atoms with Gasteiger partial charge in [0.25, 0.3) is 0 Å². The van der Waals surface area contributed by atoms with Gasteiger partial charge in [-0.25, -0.2) is 14.8 Å². The molecular weight excluding hydrogens is 236 g/mol. The van der Waals surface area contributed by atoms with E-state index in [1.807, 2.05) is 17.7 Å². The van der Waals surface area contributed by atoms with Crippen molar-refractivity contribution in [2.24, 2.45) is 5.10 Å². The standard InChI is InChI=1S/C11H14N4O3/c1-8-12-4-5-14(8)6-7-15-10(16)3-2-9(13-15)11(17)18/h4-5H,2-3,6-7H2,1H3,(H,17,18). The Morgan fingerprint density at radius 3 is 2.83 bits per heavy atom. The van der Waals surface area contributed by atoms with Crippen molar-refractivity contribution in [3.8, 4) is 0 Å². The topological polar surface area (TPSA) is 87.8 Å². The predicted molar refractivity (Wildman–Crippen MR) is 63.0 cm³/mol. The van der Waals surface area contributed by atoms with Crippen LogP contribution in [0.4, 0.5) is 0 Å². The summed E-state index contributed by atoms with van der Waals surface area (Å²) in [5.74, 6) is -0.356. The first kappa shape index (κ1) is 12.3. The van der Waals surface area contributed by atoms with Gasteiger partial charge in [-0.05, 0) is 6.92 Å². The van der Waals surface area contributed by atoms with Gasteiger partial charge in [-0.1, -0.05) is 0 Å². The minimum atomic E-state index is -1.06. The zero-order chi connectivity index (χ0) is 13.1. The van der Waals surface area contributed by atoms with Crippen LogP contribution in [0.2, 0.25) is 0 Å². The lowest BCUT2D eigenvalue weighted by molar-refractivity contribution is -0.133. The van der Waals surface area contributed by atoms with Gasteiger partial charge in [-0.15, -0.1) is 0 Å². The number of hydrazone groups is 1. The van der Waals surface area contributed by atoms with Gasteiger partial charge in [0.15, 0.2) is 0 Å². The van der Waals surface area contributed by atoms with Crippen LogP contribution in [0.15, 0.2) is 17.5 Å². The van der Waals surface area contributed by atoms with E-state index in [0.29, 0.717) is 13.1 Å².